The van der Waals surface area contributed by atoms with E-state index in [0.29, 0.717) is 17.1 Å². The van der Waals surface area contributed by atoms with Gasteiger partial charge >= 0.3 is 0 Å². The van der Waals surface area contributed by atoms with Gasteiger partial charge in [0.05, 0.1) is 0 Å². The standard InChI is InChI=1S/C15H18O2/c1-6-13(8-7-10(2)3)15-9-14(16)11(4)12(5)17-15/h6-9H,1H2,2-5H3/b13-8+. The molecule has 0 N–H and O–H groups in total. The molecule has 2 nitrogen and oxygen atoms in total. The van der Waals surface area contributed by atoms with E-state index >= 15 is 0 Å². The topological polar surface area (TPSA) is 30.2 Å². The largest absolute Gasteiger partial charge is 0.461 e. The van der Waals surface area contributed by atoms with Crippen LogP contribution >= 0.6 is 0 Å². The van der Waals surface area contributed by atoms with Gasteiger partial charge in [0.2, 0.25) is 0 Å². The van der Waals surface area contributed by atoms with Crippen LogP contribution in [0, 0.1) is 13.8 Å². The second kappa shape index (κ2) is 5.48. The molecule has 0 bridgehead atoms. The molecule has 1 aromatic rings. The Balaban J connectivity index is 3.32. The van der Waals surface area contributed by atoms with E-state index in [9.17, 15) is 4.79 Å². The van der Waals surface area contributed by atoms with E-state index in [1.807, 2.05) is 26.0 Å². The third-order valence-electron chi connectivity index (χ3n) is 2.52. The predicted molar refractivity (Wildman–Crippen MR) is 72.1 cm³/mol. The number of rotatable bonds is 3. The highest BCUT2D eigenvalue weighted by Gasteiger charge is 2.06. The predicted octanol–water partition coefficient (Wildman–Crippen LogP) is 3.79. The maximum atomic E-state index is 11.7. The molecule has 1 aromatic heterocycles. The summed E-state index contributed by atoms with van der Waals surface area (Å²) in [6, 6.07) is 1.51. The lowest BCUT2D eigenvalue weighted by molar-refractivity contribution is 0.497. The lowest BCUT2D eigenvalue weighted by atomic mass is 10.1. The van der Waals surface area contributed by atoms with Gasteiger partial charge in [-0.2, -0.15) is 0 Å². The van der Waals surface area contributed by atoms with E-state index in [-0.39, 0.29) is 5.43 Å². The summed E-state index contributed by atoms with van der Waals surface area (Å²) in [5, 5.41) is 0. The molecule has 0 unspecified atom stereocenters. The number of allylic oxidation sites excluding steroid dienone is 5. The third kappa shape index (κ3) is 3.31. The fraction of sp³-hybridized carbons (Fsp3) is 0.267. The second-order valence-electron chi connectivity index (χ2n) is 4.23. The molecule has 0 amide bonds. The van der Waals surface area contributed by atoms with Crippen molar-refractivity contribution in [2.24, 2.45) is 0 Å². The highest BCUT2D eigenvalue weighted by atomic mass is 16.3. The van der Waals surface area contributed by atoms with Gasteiger partial charge in [0, 0.05) is 17.2 Å². The lowest BCUT2D eigenvalue weighted by Gasteiger charge is -2.04. The second-order valence-corrected chi connectivity index (χ2v) is 4.23. The van der Waals surface area contributed by atoms with Crippen molar-refractivity contribution in [3.8, 4) is 0 Å². The Morgan fingerprint density at radius 1 is 1.29 bits per heavy atom. The first kappa shape index (κ1) is 13.2. The Labute approximate surface area is 102 Å². The van der Waals surface area contributed by atoms with Gasteiger partial charge < -0.3 is 4.42 Å². The minimum absolute atomic E-state index is 0.00583. The average Bonchev–Trinajstić information content (AvgIpc) is 2.26. The van der Waals surface area contributed by atoms with Crippen LogP contribution in [0.4, 0.5) is 0 Å². The van der Waals surface area contributed by atoms with Gasteiger partial charge in [-0.25, -0.2) is 0 Å². The Morgan fingerprint density at radius 2 is 1.94 bits per heavy atom. The van der Waals surface area contributed by atoms with Crippen molar-refractivity contribution in [3.05, 3.63) is 63.8 Å². The summed E-state index contributed by atoms with van der Waals surface area (Å²) in [6.07, 6.45) is 5.55. The summed E-state index contributed by atoms with van der Waals surface area (Å²) < 4.78 is 5.61. The van der Waals surface area contributed by atoms with Crippen LogP contribution < -0.4 is 5.43 Å². The molecule has 0 spiro atoms. The Morgan fingerprint density at radius 3 is 2.41 bits per heavy atom. The van der Waals surface area contributed by atoms with Crippen molar-refractivity contribution in [3.63, 3.8) is 0 Å². The van der Waals surface area contributed by atoms with Crippen LogP contribution in [0.2, 0.25) is 0 Å². The van der Waals surface area contributed by atoms with Crippen LogP contribution in [-0.2, 0) is 0 Å². The van der Waals surface area contributed by atoms with Gasteiger partial charge in [-0.15, -0.1) is 0 Å². The highest BCUT2D eigenvalue weighted by molar-refractivity contribution is 5.71. The quantitative estimate of drug-likeness (QED) is 0.739. The van der Waals surface area contributed by atoms with Gasteiger partial charge in [0.15, 0.2) is 5.43 Å². The van der Waals surface area contributed by atoms with Crippen molar-refractivity contribution < 1.29 is 4.42 Å². The number of hydrogen-bond donors (Lipinski definition) is 0. The zero-order valence-electron chi connectivity index (χ0n) is 10.8. The third-order valence-corrected chi connectivity index (χ3v) is 2.52. The Bertz CT molecular complexity index is 539. The number of aryl methyl sites for hydroxylation is 1. The van der Waals surface area contributed by atoms with E-state index in [1.54, 1.807) is 19.9 Å². The fourth-order valence-corrected chi connectivity index (χ4v) is 1.32. The molecule has 0 fully saturated rings. The lowest BCUT2D eigenvalue weighted by Crippen LogP contribution is -2.06. The smallest absolute Gasteiger partial charge is 0.188 e. The van der Waals surface area contributed by atoms with E-state index in [2.05, 4.69) is 6.58 Å². The van der Waals surface area contributed by atoms with Crippen molar-refractivity contribution >= 4 is 5.57 Å². The summed E-state index contributed by atoms with van der Waals surface area (Å²) in [4.78, 5) is 11.7. The van der Waals surface area contributed by atoms with Gasteiger partial charge in [0.1, 0.15) is 11.5 Å². The highest BCUT2D eigenvalue weighted by Crippen LogP contribution is 2.17. The molecule has 1 rings (SSSR count). The van der Waals surface area contributed by atoms with Gasteiger partial charge in [-0.3, -0.25) is 4.79 Å². The molecule has 0 atom stereocenters. The van der Waals surface area contributed by atoms with Crippen molar-refractivity contribution in [2.45, 2.75) is 27.7 Å². The Kier molecular flexibility index (Phi) is 4.27. The first-order valence-electron chi connectivity index (χ1n) is 5.55. The molecular formula is C15H18O2. The zero-order valence-corrected chi connectivity index (χ0v) is 10.8. The molecule has 0 aromatic carbocycles. The van der Waals surface area contributed by atoms with Crippen molar-refractivity contribution in [2.75, 3.05) is 0 Å². The molecule has 0 aliphatic heterocycles. The first-order valence-corrected chi connectivity index (χ1v) is 5.55. The van der Waals surface area contributed by atoms with Crippen LogP contribution in [0.15, 0.2) is 45.7 Å². The molecule has 0 saturated heterocycles. The average molecular weight is 230 g/mol. The van der Waals surface area contributed by atoms with Crippen molar-refractivity contribution in [1.82, 2.24) is 0 Å². The molecule has 2 heteroatoms. The van der Waals surface area contributed by atoms with Gasteiger partial charge in [-0.1, -0.05) is 30.4 Å². The molecule has 90 valence electrons. The SMILES string of the molecule is C=C/C(=C\C=C(C)C)c1cc(=O)c(C)c(C)o1. The van der Waals surface area contributed by atoms with Crippen LogP contribution in [0.1, 0.15) is 30.9 Å². The van der Waals surface area contributed by atoms with E-state index in [1.165, 1.54) is 11.6 Å². The Hall–Kier alpha value is -1.83. The molecular weight excluding hydrogens is 212 g/mol. The molecule has 0 saturated carbocycles. The minimum Gasteiger partial charge on any atom is -0.461 e. The van der Waals surface area contributed by atoms with Crippen molar-refractivity contribution in [1.29, 1.82) is 0 Å². The van der Waals surface area contributed by atoms with Crippen LogP contribution in [0.25, 0.3) is 5.57 Å². The fourth-order valence-electron chi connectivity index (χ4n) is 1.32. The monoisotopic (exact) mass is 230 g/mol. The minimum atomic E-state index is -0.00583. The van der Waals surface area contributed by atoms with Crippen LogP contribution in [-0.4, -0.2) is 0 Å². The molecule has 0 aliphatic rings. The maximum absolute atomic E-state index is 11.7. The molecule has 0 aliphatic carbocycles. The molecule has 17 heavy (non-hydrogen) atoms. The summed E-state index contributed by atoms with van der Waals surface area (Å²) in [7, 11) is 0. The summed E-state index contributed by atoms with van der Waals surface area (Å²) in [6.45, 7) is 11.3. The summed E-state index contributed by atoms with van der Waals surface area (Å²) in [5.41, 5.74) is 2.63. The normalized spacial score (nSPS) is 11.2. The molecule has 1 heterocycles. The van der Waals surface area contributed by atoms with Gasteiger partial charge in [-0.05, 0) is 27.7 Å². The maximum Gasteiger partial charge on any atom is 0.188 e. The van der Waals surface area contributed by atoms with E-state index < -0.39 is 0 Å². The summed E-state index contributed by atoms with van der Waals surface area (Å²) >= 11 is 0. The van der Waals surface area contributed by atoms with E-state index in [4.69, 9.17) is 4.42 Å². The number of hydrogen-bond acceptors (Lipinski definition) is 2. The van der Waals surface area contributed by atoms with Gasteiger partial charge in [0.25, 0.3) is 0 Å². The van der Waals surface area contributed by atoms with E-state index in [0.717, 1.165) is 5.57 Å². The van der Waals surface area contributed by atoms with Crippen LogP contribution in [0.3, 0.4) is 0 Å². The zero-order chi connectivity index (χ0) is 13.0. The van der Waals surface area contributed by atoms with Crippen LogP contribution in [0.5, 0.6) is 0 Å². The molecule has 0 radical (unpaired) electrons. The summed E-state index contributed by atoms with van der Waals surface area (Å²) in [5.74, 6) is 1.21. The first-order chi connectivity index (χ1) is 7.95.